The molecule has 0 aliphatic rings. The maximum atomic E-state index is 10.7. The Morgan fingerprint density at radius 1 is 1.62 bits per heavy atom. The maximum absolute atomic E-state index is 10.7. The van der Waals surface area contributed by atoms with Crippen LogP contribution in [0, 0.1) is 18.3 Å². The number of benzene rings is 1. The number of halogens is 1. The highest BCUT2D eigenvalue weighted by molar-refractivity contribution is 9.10. The molecule has 0 bridgehead atoms. The van der Waals surface area contributed by atoms with Gasteiger partial charge in [0.25, 0.3) is 0 Å². The van der Waals surface area contributed by atoms with Crippen molar-refractivity contribution in [2.45, 2.75) is 6.92 Å². The second-order valence-corrected chi connectivity index (χ2v) is 3.40. The predicted molar refractivity (Wildman–Crippen MR) is 53.1 cm³/mol. The Hall–Kier alpha value is -1.34. The fourth-order valence-corrected chi connectivity index (χ4v) is 1.46. The van der Waals surface area contributed by atoms with Gasteiger partial charge in [-0.25, -0.2) is 0 Å². The summed E-state index contributed by atoms with van der Waals surface area (Å²) in [4.78, 5) is 10.7. The molecule has 0 atom stereocenters. The summed E-state index contributed by atoms with van der Waals surface area (Å²) in [6, 6.07) is 6.96. The third kappa shape index (κ3) is 2.56. The molecule has 1 rings (SSSR count). The first-order chi connectivity index (χ1) is 6.13. The van der Waals surface area contributed by atoms with Gasteiger partial charge in [0.1, 0.15) is 0 Å². The minimum Gasteiger partial charge on any atom is -0.312 e. The Morgan fingerprint density at radius 3 is 2.85 bits per heavy atom. The lowest BCUT2D eigenvalue weighted by atomic mass is 10.2. The Labute approximate surface area is 84.5 Å². The van der Waals surface area contributed by atoms with E-state index in [2.05, 4.69) is 21.2 Å². The van der Waals surface area contributed by atoms with Crippen LogP contribution in [0.25, 0.3) is 0 Å². The van der Waals surface area contributed by atoms with Crippen molar-refractivity contribution < 1.29 is 4.79 Å². The highest BCUT2D eigenvalue weighted by Crippen LogP contribution is 2.22. The topological polar surface area (TPSA) is 52.9 Å². The number of aryl methyl sites for hydroxylation is 1. The van der Waals surface area contributed by atoms with E-state index >= 15 is 0 Å². The van der Waals surface area contributed by atoms with Gasteiger partial charge in [0.05, 0.1) is 5.69 Å². The largest absolute Gasteiger partial charge is 0.326 e. The van der Waals surface area contributed by atoms with E-state index in [9.17, 15) is 4.79 Å². The van der Waals surface area contributed by atoms with E-state index in [1.54, 1.807) is 6.07 Å². The number of hydrogen-bond donors (Lipinski definition) is 1. The molecular weight excluding hydrogens is 232 g/mol. The molecule has 1 N–H and O–H groups in total. The molecule has 0 fully saturated rings. The first kappa shape index (κ1) is 9.75. The molecular formula is C9H7BrN2O. The average Bonchev–Trinajstić information content (AvgIpc) is 2.09. The maximum Gasteiger partial charge on any atom is 0.326 e. The molecule has 0 saturated heterocycles. The number of nitrogens with zero attached hydrogens (tertiary/aromatic N) is 1. The quantitative estimate of drug-likeness (QED) is 0.764. The molecule has 0 aliphatic carbocycles. The lowest BCUT2D eigenvalue weighted by molar-refractivity contribution is -0.111. The lowest BCUT2D eigenvalue weighted by Crippen LogP contribution is -2.08. The monoisotopic (exact) mass is 238 g/mol. The third-order valence-corrected chi connectivity index (χ3v) is 2.13. The van der Waals surface area contributed by atoms with Crippen LogP contribution in [0.3, 0.4) is 0 Å². The Kier molecular flexibility index (Phi) is 3.04. The molecule has 1 amide bonds. The van der Waals surface area contributed by atoms with Gasteiger partial charge in [0.15, 0.2) is 6.07 Å². The van der Waals surface area contributed by atoms with Crippen molar-refractivity contribution in [3.63, 3.8) is 0 Å². The standard InChI is InChI=1S/C9H7BrN2O/c1-6-2-3-8(7(10)4-6)12-9(13)5-11/h2-4H,1H3,(H,12,13). The van der Waals surface area contributed by atoms with Gasteiger partial charge in [-0.05, 0) is 40.5 Å². The van der Waals surface area contributed by atoms with Crippen molar-refractivity contribution in [1.82, 2.24) is 0 Å². The van der Waals surface area contributed by atoms with Crippen LogP contribution in [0.15, 0.2) is 22.7 Å². The number of carbonyl (C=O) groups excluding carboxylic acids is 1. The van der Waals surface area contributed by atoms with Crippen molar-refractivity contribution in [3.05, 3.63) is 28.2 Å². The number of rotatable bonds is 1. The minimum atomic E-state index is -0.662. The van der Waals surface area contributed by atoms with Crippen LogP contribution in [0.2, 0.25) is 0 Å². The molecule has 0 spiro atoms. The second-order valence-electron chi connectivity index (χ2n) is 2.55. The summed E-state index contributed by atoms with van der Waals surface area (Å²) in [7, 11) is 0. The van der Waals surface area contributed by atoms with Crippen molar-refractivity contribution in [1.29, 1.82) is 5.26 Å². The van der Waals surface area contributed by atoms with Gasteiger partial charge < -0.3 is 5.32 Å². The van der Waals surface area contributed by atoms with E-state index in [0.717, 1.165) is 10.0 Å². The molecule has 1 aromatic rings. The van der Waals surface area contributed by atoms with Crippen LogP contribution in [0.5, 0.6) is 0 Å². The lowest BCUT2D eigenvalue weighted by Gasteiger charge is -2.03. The fraction of sp³-hybridized carbons (Fsp3) is 0.111. The first-order valence-electron chi connectivity index (χ1n) is 3.60. The highest BCUT2D eigenvalue weighted by Gasteiger charge is 2.03. The van der Waals surface area contributed by atoms with Crippen molar-refractivity contribution in [2.75, 3.05) is 5.32 Å². The Balaban J connectivity index is 2.91. The summed E-state index contributed by atoms with van der Waals surface area (Å²) < 4.78 is 0.774. The van der Waals surface area contributed by atoms with Gasteiger partial charge >= 0.3 is 5.91 Å². The number of nitrogens with one attached hydrogen (secondary N) is 1. The van der Waals surface area contributed by atoms with Crippen LogP contribution in [-0.4, -0.2) is 5.91 Å². The molecule has 3 nitrogen and oxygen atoms in total. The summed E-state index contributed by atoms with van der Waals surface area (Å²) in [6.07, 6.45) is 0. The van der Waals surface area contributed by atoms with Crippen LogP contribution in [0.1, 0.15) is 5.56 Å². The SMILES string of the molecule is Cc1ccc(NC(=O)C#N)c(Br)c1. The molecule has 13 heavy (non-hydrogen) atoms. The molecule has 0 unspecified atom stereocenters. The number of anilines is 1. The summed E-state index contributed by atoms with van der Waals surface area (Å²) in [5.74, 6) is -0.662. The van der Waals surface area contributed by atoms with Gasteiger partial charge in [-0.2, -0.15) is 5.26 Å². The highest BCUT2D eigenvalue weighted by atomic mass is 79.9. The van der Waals surface area contributed by atoms with Gasteiger partial charge in [0.2, 0.25) is 0 Å². The molecule has 0 saturated carbocycles. The molecule has 0 heterocycles. The van der Waals surface area contributed by atoms with E-state index < -0.39 is 5.91 Å². The van der Waals surface area contributed by atoms with E-state index in [4.69, 9.17) is 5.26 Å². The zero-order chi connectivity index (χ0) is 9.84. The summed E-state index contributed by atoms with van der Waals surface area (Å²) in [6.45, 7) is 1.95. The number of carbonyl (C=O) groups is 1. The Bertz CT molecular complexity index is 382. The van der Waals surface area contributed by atoms with Gasteiger partial charge in [0, 0.05) is 4.47 Å². The van der Waals surface area contributed by atoms with Crippen LogP contribution in [0.4, 0.5) is 5.69 Å². The summed E-state index contributed by atoms with van der Waals surface area (Å²) >= 11 is 3.28. The van der Waals surface area contributed by atoms with Crippen LogP contribution >= 0.6 is 15.9 Å². The van der Waals surface area contributed by atoms with Crippen LogP contribution in [-0.2, 0) is 4.79 Å². The normalized spacial score (nSPS) is 9.00. The summed E-state index contributed by atoms with van der Waals surface area (Å²) in [5.41, 5.74) is 1.69. The van der Waals surface area contributed by atoms with Crippen LogP contribution < -0.4 is 5.32 Å². The van der Waals surface area contributed by atoms with Crippen molar-refractivity contribution in [3.8, 4) is 6.07 Å². The molecule has 1 aromatic carbocycles. The second kappa shape index (κ2) is 4.06. The molecule has 0 aromatic heterocycles. The van der Waals surface area contributed by atoms with Crippen molar-refractivity contribution >= 4 is 27.5 Å². The van der Waals surface area contributed by atoms with E-state index in [1.165, 1.54) is 6.07 Å². The molecule has 0 aliphatic heterocycles. The van der Waals surface area contributed by atoms with E-state index in [1.807, 2.05) is 19.1 Å². The van der Waals surface area contributed by atoms with E-state index in [0.29, 0.717) is 5.69 Å². The minimum absolute atomic E-state index is 0.608. The number of amides is 1. The molecule has 0 radical (unpaired) electrons. The third-order valence-electron chi connectivity index (χ3n) is 1.47. The molecule has 4 heteroatoms. The van der Waals surface area contributed by atoms with E-state index in [-0.39, 0.29) is 0 Å². The number of hydrogen-bond acceptors (Lipinski definition) is 2. The zero-order valence-corrected chi connectivity index (χ0v) is 8.55. The first-order valence-corrected chi connectivity index (χ1v) is 4.40. The van der Waals surface area contributed by atoms with Crippen molar-refractivity contribution in [2.24, 2.45) is 0 Å². The van der Waals surface area contributed by atoms with Gasteiger partial charge in [-0.1, -0.05) is 6.07 Å². The summed E-state index contributed by atoms with van der Waals surface area (Å²) in [5, 5.41) is 10.7. The predicted octanol–water partition coefficient (Wildman–Crippen LogP) is 2.22. The smallest absolute Gasteiger partial charge is 0.312 e. The average molecular weight is 239 g/mol. The fourth-order valence-electron chi connectivity index (χ4n) is 0.872. The molecule has 66 valence electrons. The van der Waals surface area contributed by atoms with Gasteiger partial charge in [-0.3, -0.25) is 4.79 Å². The van der Waals surface area contributed by atoms with Gasteiger partial charge in [-0.15, -0.1) is 0 Å². The Morgan fingerprint density at radius 2 is 2.31 bits per heavy atom. The zero-order valence-electron chi connectivity index (χ0n) is 6.97. The number of nitriles is 1.